The molecule has 2 aliphatic heterocycles. The highest BCUT2D eigenvalue weighted by Crippen LogP contribution is 2.39. The van der Waals surface area contributed by atoms with Crippen molar-refractivity contribution in [3.8, 4) is 11.5 Å². The number of hydrazone groups is 1. The van der Waals surface area contributed by atoms with Crippen molar-refractivity contribution in [2.45, 2.75) is 31.7 Å². The third kappa shape index (κ3) is 5.73. The Kier molecular flexibility index (Phi) is 8.03. The van der Waals surface area contributed by atoms with Crippen molar-refractivity contribution in [3.05, 3.63) is 95.3 Å². The molecule has 1 atom stereocenters. The molecule has 2 aliphatic rings. The maximum absolute atomic E-state index is 14.7. The smallest absolute Gasteiger partial charge is 0.257 e. The Morgan fingerprint density at radius 2 is 1.71 bits per heavy atom. The van der Waals surface area contributed by atoms with Gasteiger partial charge < -0.3 is 9.47 Å². The lowest BCUT2D eigenvalue weighted by Crippen LogP contribution is -2.42. The minimum atomic E-state index is -0.419. The summed E-state index contributed by atoms with van der Waals surface area (Å²) in [5.41, 5.74) is 3.12. The van der Waals surface area contributed by atoms with Crippen LogP contribution in [0.5, 0.6) is 11.5 Å². The first-order valence-electron chi connectivity index (χ1n) is 13.2. The molecule has 0 bridgehead atoms. The Balaban J connectivity index is 1.34. The van der Waals surface area contributed by atoms with Gasteiger partial charge in [-0.3, -0.25) is 9.69 Å². The van der Waals surface area contributed by atoms with E-state index in [2.05, 4.69) is 34.3 Å². The van der Waals surface area contributed by atoms with Crippen molar-refractivity contribution in [2.24, 2.45) is 11.0 Å². The number of piperidine rings is 1. The van der Waals surface area contributed by atoms with Gasteiger partial charge in [0.05, 0.1) is 32.5 Å². The predicted molar refractivity (Wildman–Crippen MR) is 146 cm³/mol. The lowest BCUT2D eigenvalue weighted by atomic mass is 9.90. The summed E-state index contributed by atoms with van der Waals surface area (Å²) in [5, 5.41) is 6.20. The van der Waals surface area contributed by atoms with Gasteiger partial charge in [0.1, 0.15) is 17.3 Å². The molecule has 0 saturated carbocycles. The molecular weight excluding hydrogens is 481 g/mol. The first-order chi connectivity index (χ1) is 18.6. The molecule has 0 radical (unpaired) electrons. The van der Waals surface area contributed by atoms with Gasteiger partial charge in [-0.1, -0.05) is 48.5 Å². The van der Waals surface area contributed by atoms with E-state index in [-0.39, 0.29) is 18.3 Å². The molecule has 0 unspecified atom stereocenters. The van der Waals surface area contributed by atoms with Crippen molar-refractivity contribution in [1.82, 2.24) is 9.91 Å². The number of nitrogens with zero attached hydrogens (tertiary/aromatic N) is 3. The van der Waals surface area contributed by atoms with Gasteiger partial charge in [-0.2, -0.15) is 5.10 Å². The van der Waals surface area contributed by atoms with E-state index < -0.39 is 6.04 Å². The van der Waals surface area contributed by atoms with Gasteiger partial charge in [-0.05, 0) is 68.1 Å². The van der Waals surface area contributed by atoms with Crippen molar-refractivity contribution in [2.75, 3.05) is 33.9 Å². The van der Waals surface area contributed by atoms with Crippen LogP contribution in [0.25, 0.3) is 0 Å². The van der Waals surface area contributed by atoms with Gasteiger partial charge in [0.25, 0.3) is 5.91 Å². The molecule has 0 N–H and O–H groups in total. The molecule has 1 fully saturated rings. The highest BCUT2D eigenvalue weighted by atomic mass is 19.1. The van der Waals surface area contributed by atoms with Crippen molar-refractivity contribution < 1.29 is 18.7 Å². The van der Waals surface area contributed by atoms with E-state index in [9.17, 15) is 9.18 Å². The molecule has 1 saturated heterocycles. The molecule has 38 heavy (non-hydrogen) atoms. The van der Waals surface area contributed by atoms with Crippen LogP contribution in [0.1, 0.15) is 42.0 Å². The Hall–Kier alpha value is -3.71. The number of likely N-dealkylation sites (tertiary alicyclic amines) is 1. The fourth-order valence-electron chi connectivity index (χ4n) is 5.50. The van der Waals surface area contributed by atoms with Crippen molar-refractivity contribution >= 4 is 11.6 Å². The number of halogens is 1. The molecule has 6 nitrogen and oxygen atoms in total. The van der Waals surface area contributed by atoms with E-state index >= 15 is 0 Å². The first-order valence-corrected chi connectivity index (χ1v) is 13.2. The third-order valence-corrected chi connectivity index (χ3v) is 7.58. The molecular formula is C31H34FN3O3. The maximum Gasteiger partial charge on any atom is 0.257 e. The summed E-state index contributed by atoms with van der Waals surface area (Å²) in [4.78, 5) is 15.9. The van der Waals surface area contributed by atoms with Gasteiger partial charge in [-0.15, -0.1) is 0 Å². The van der Waals surface area contributed by atoms with Crippen LogP contribution in [-0.2, 0) is 11.2 Å². The number of rotatable bonds is 8. The minimum absolute atomic E-state index is 0.104. The Bertz CT molecular complexity index is 1290. The summed E-state index contributed by atoms with van der Waals surface area (Å²) in [6.07, 6.45) is 3.57. The summed E-state index contributed by atoms with van der Waals surface area (Å²) in [7, 11) is 3.20. The topological polar surface area (TPSA) is 54.4 Å². The van der Waals surface area contributed by atoms with Gasteiger partial charge in [-0.25, -0.2) is 9.40 Å². The Morgan fingerprint density at radius 3 is 2.42 bits per heavy atom. The zero-order valence-corrected chi connectivity index (χ0v) is 22.0. The largest absolute Gasteiger partial charge is 0.497 e. The van der Waals surface area contributed by atoms with Gasteiger partial charge in [0, 0.05) is 17.5 Å². The van der Waals surface area contributed by atoms with E-state index in [1.807, 2.05) is 24.3 Å². The molecule has 0 aromatic heterocycles. The molecule has 1 amide bonds. The van der Waals surface area contributed by atoms with E-state index in [4.69, 9.17) is 9.47 Å². The normalized spacial score (nSPS) is 18.3. The van der Waals surface area contributed by atoms with Crippen LogP contribution >= 0.6 is 0 Å². The van der Waals surface area contributed by atoms with Crippen LogP contribution in [-0.4, -0.2) is 55.4 Å². The Morgan fingerprint density at radius 1 is 0.974 bits per heavy atom. The number of benzene rings is 3. The molecule has 3 aromatic carbocycles. The lowest BCUT2D eigenvalue weighted by molar-refractivity contribution is -0.134. The fourth-order valence-corrected chi connectivity index (χ4v) is 5.50. The molecule has 7 heteroatoms. The molecule has 5 rings (SSSR count). The minimum Gasteiger partial charge on any atom is -0.497 e. The maximum atomic E-state index is 14.7. The van der Waals surface area contributed by atoms with Gasteiger partial charge >= 0.3 is 0 Å². The van der Waals surface area contributed by atoms with Crippen LogP contribution in [0.4, 0.5) is 4.39 Å². The van der Waals surface area contributed by atoms with E-state index in [1.165, 1.54) is 16.6 Å². The molecule has 3 aromatic rings. The number of ether oxygens (including phenoxy) is 2. The number of carbonyl (C=O) groups excluding carboxylic acids is 1. The van der Waals surface area contributed by atoms with Crippen LogP contribution in [0.15, 0.2) is 77.9 Å². The van der Waals surface area contributed by atoms with Crippen molar-refractivity contribution in [3.63, 3.8) is 0 Å². The second-order valence-electron chi connectivity index (χ2n) is 10.0. The van der Waals surface area contributed by atoms with Crippen molar-refractivity contribution in [1.29, 1.82) is 0 Å². The summed E-state index contributed by atoms with van der Waals surface area (Å²) in [6.45, 7) is 2.01. The number of hydrogen-bond acceptors (Lipinski definition) is 5. The SMILES string of the molecule is COc1ccc(OC)c([C@H]2CC(c3ccccc3F)=NN2C(=O)CN2CCC(Cc3ccccc3)CC2)c1. The number of hydrogen-bond donors (Lipinski definition) is 0. The van der Waals surface area contributed by atoms with Gasteiger partial charge in [0.15, 0.2) is 0 Å². The molecule has 2 heterocycles. The highest BCUT2D eigenvalue weighted by molar-refractivity contribution is 6.03. The van der Waals surface area contributed by atoms with E-state index in [0.29, 0.717) is 35.1 Å². The number of amides is 1. The summed E-state index contributed by atoms with van der Waals surface area (Å²) in [6, 6.07) is 22.3. The second-order valence-corrected chi connectivity index (χ2v) is 10.0. The molecule has 0 aliphatic carbocycles. The first kappa shape index (κ1) is 25.9. The number of methoxy groups -OCH3 is 2. The van der Waals surface area contributed by atoms with Gasteiger partial charge in [0.2, 0.25) is 0 Å². The highest BCUT2D eigenvalue weighted by Gasteiger charge is 2.36. The van der Waals surface area contributed by atoms with Crippen LogP contribution in [0.3, 0.4) is 0 Å². The third-order valence-electron chi connectivity index (χ3n) is 7.58. The van der Waals surface area contributed by atoms with E-state index in [0.717, 1.165) is 37.9 Å². The lowest BCUT2D eigenvalue weighted by Gasteiger charge is -2.33. The second kappa shape index (κ2) is 11.8. The average molecular weight is 516 g/mol. The summed E-state index contributed by atoms with van der Waals surface area (Å²) >= 11 is 0. The quantitative estimate of drug-likeness (QED) is 0.399. The van der Waals surface area contributed by atoms with Crippen LogP contribution < -0.4 is 9.47 Å². The van der Waals surface area contributed by atoms with E-state index in [1.54, 1.807) is 32.4 Å². The molecule has 198 valence electrons. The average Bonchev–Trinajstić information content (AvgIpc) is 3.40. The standard InChI is InChI=1S/C31H34FN3O3/c1-37-24-12-13-30(38-2)26(19-24)29-20-28(25-10-6-7-11-27(25)32)33-35(29)31(36)21-34-16-14-23(15-17-34)18-22-8-4-3-5-9-22/h3-13,19,23,29H,14-18,20-21H2,1-2H3/t29-/m1/s1. The summed E-state index contributed by atoms with van der Waals surface area (Å²) < 4.78 is 25.8. The number of carbonyl (C=O) groups is 1. The summed E-state index contributed by atoms with van der Waals surface area (Å²) in [5.74, 6) is 1.47. The zero-order chi connectivity index (χ0) is 26.5. The predicted octanol–water partition coefficient (Wildman–Crippen LogP) is 5.48. The van der Waals surface area contributed by atoms with Crippen LogP contribution in [0.2, 0.25) is 0 Å². The van der Waals surface area contributed by atoms with Crippen LogP contribution in [0, 0.1) is 11.7 Å². The zero-order valence-electron chi connectivity index (χ0n) is 22.0. The fraction of sp³-hybridized carbons (Fsp3) is 0.355. The monoisotopic (exact) mass is 515 g/mol. The Labute approximate surface area is 223 Å². The molecule has 0 spiro atoms.